The second kappa shape index (κ2) is 4.04. The largest absolute Gasteiger partial charge is 0.438 e. The van der Waals surface area contributed by atoms with Crippen molar-refractivity contribution in [1.29, 1.82) is 5.26 Å². The van der Waals surface area contributed by atoms with Crippen LogP contribution in [0.2, 0.25) is 0 Å². The van der Waals surface area contributed by atoms with E-state index in [0.29, 0.717) is 17.3 Å². The summed E-state index contributed by atoms with van der Waals surface area (Å²) in [7, 11) is 1.74. The number of hydrogen-bond acceptors (Lipinski definition) is 4. The highest BCUT2D eigenvalue weighted by molar-refractivity contribution is 5.58. The predicted molar refractivity (Wildman–Crippen MR) is 67.8 cm³/mol. The normalized spacial score (nSPS) is 11.8. The van der Waals surface area contributed by atoms with Gasteiger partial charge in [0.2, 0.25) is 5.88 Å². The Kier molecular flexibility index (Phi) is 2.38. The average Bonchev–Trinajstić information content (AvgIpc) is 2.43. The lowest BCUT2D eigenvalue weighted by atomic mass is 10.0. The maximum absolute atomic E-state index is 9.08. The maximum Gasteiger partial charge on any atom is 0.224 e. The van der Waals surface area contributed by atoms with Gasteiger partial charge in [0.05, 0.1) is 5.56 Å². The first-order valence-corrected chi connectivity index (χ1v) is 5.69. The zero-order valence-electron chi connectivity index (χ0n) is 9.90. The van der Waals surface area contributed by atoms with Crippen LogP contribution in [0.1, 0.15) is 16.7 Å². The molecule has 0 amide bonds. The second-order valence-electron chi connectivity index (χ2n) is 4.10. The molecule has 4 nitrogen and oxygen atoms in total. The first kappa shape index (κ1) is 10.6. The summed E-state index contributed by atoms with van der Waals surface area (Å²) in [6.07, 6.45) is 0.747. The van der Waals surface area contributed by atoms with E-state index in [4.69, 9.17) is 10.00 Å². The molecule has 1 N–H and O–H groups in total. The van der Waals surface area contributed by atoms with Gasteiger partial charge in [-0.2, -0.15) is 10.2 Å². The summed E-state index contributed by atoms with van der Waals surface area (Å²) in [5.74, 6) is 1.97. The Hall–Kier alpha value is -2.54. The van der Waals surface area contributed by atoms with Crippen LogP contribution in [0.15, 0.2) is 30.3 Å². The highest BCUT2D eigenvalue weighted by Crippen LogP contribution is 2.36. The van der Waals surface area contributed by atoms with Crippen molar-refractivity contribution in [3.63, 3.8) is 0 Å². The number of ether oxygens (including phenoxy) is 1. The van der Waals surface area contributed by atoms with E-state index in [2.05, 4.69) is 16.4 Å². The summed E-state index contributed by atoms with van der Waals surface area (Å²) in [6.45, 7) is 0. The molecule has 4 heteroatoms. The summed E-state index contributed by atoms with van der Waals surface area (Å²) in [5.41, 5.74) is 2.61. The molecular weight excluding hydrogens is 226 g/mol. The lowest BCUT2D eigenvalue weighted by Crippen LogP contribution is -2.07. The monoisotopic (exact) mass is 237 g/mol. The fraction of sp³-hybridized carbons (Fsp3) is 0.143. The van der Waals surface area contributed by atoms with Crippen LogP contribution in [0.25, 0.3) is 0 Å². The zero-order chi connectivity index (χ0) is 12.5. The first-order chi connectivity index (χ1) is 8.81. The van der Waals surface area contributed by atoms with Crippen LogP contribution < -0.4 is 10.1 Å². The van der Waals surface area contributed by atoms with Crippen LogP contribution >= 0.6 is 0 Å². The summed E-state index contributed by atoms with van der Waals surface area (Å²) < 4.78 is 5.76. The molecule has 0 fully saturated rings. The number of aromatic nitrogens is 1. The third-order valence-corrected chi connectivity index (χ3v) is 2.98. The van der Waals surface area contributed by atoms with Crippen LogP contribution in [0, 0.1) is 11.3 Å². The minimum atomic E-state index is 0.541. The van der Waals surface area contributed by atoms with Crippen LogP contribution in [-0.4, -0.2) is 12.0 Å². The lowest BCUT2D eigenvalue weighted by molar-refractivity contribution is 0.441. The highest BCUT2D eigenvalue weighted by Gasteiger charge is 2.20. The van der Waals surface area contributed by atoms with Crippen molar-refractivity contribution in [3.8, 4) is 17.7 Å². The van der Waals surface area contributed by atoms with Crippen LogP contribution in [-0.2, 0) is 6.42 Å². The van der Waals surface area contributed by atoms with Crippen LogP contribution in [0.5, 0.6) is 11.6 Å². The molecular formula is C14H11N3O. The molecule has 1 aliphatic heterocycles. The molecule has 1 aliphatic rings. The van der Waals surface area contributed by atoms with E-state index in [1.807, 2.05) is 30.3 Å². The van der Waals surface area contributed by atoms with Gasteiger partial charge in [-0.3, -0.25) is 0 Å². The SMILES string of the molecule is CNc1nc2c(cc1C#N)Cc1ccccc1O2. The summed E-state index contributed by atoms with van der Waals surface area (Å²) in [5, 5.41) is 12.0. The third-order valence-electron chi connectivity index (χ3n) is 2.98. The van der Waals surface area contributed by atoms with E-state index < -0.39 is 0 Å². The minimum Gasteiger partial charge on any atom is -0.438 e. The van der Waals surface area contributed by atoms with Crippen LogP contribution in [0.4, 0.5) is 5.82 Å². The number of fused-ring (bicyclic) bond motifs is 2. The Bertz CT molecular complexity index is 659. The fourth-order valence-corrected chi connectivity index (χ4v) is 2.09. The van der Waals surface area contributed by atoms with E-state index in [0.717, 1.165) is 23.3 Å². The molecule has 0 radical (unpaired) electrons. The van der Waals surface area contributed by atoms with Gasteiger partial charge in [0, 0.05) is 19.0 Å². The molecule has 0 atom stereocenters. The first-order valence-electron chi connectivity index (χ1n) is 5.69. The van der Waals surface area contributed by atoms with Crippen LogP contribution in [0.3, 0.4) is 0 Å². The van der Waals surface area contributed by atoms with Gasteiger partial charge < -0.3 is 10.1 Å². The van der Waals surface area contributed by atoms with E-state index in [9.17, 15) is 0 Å². The number of benzene rings is 1. The number of rotatable bonds is 1. The Morgan fingerprint density at radius 1 is 1.33 bits per heavy atom. The van der Waals surface area contributed by atoms with Gasteiger partial charge in [0.15, 0.2) is 0 Å². The van der Waals surface area contributed by atoms with Gasteiger partial charge in [-0.1, -0.05) is 18.2 Å². The lowest BCUT2D eigenvalue weighted by Gasteiger charge is -2.20. The number of nitriles is 1. The molecule has 3 rings (SSSR count). The van der Waals surface area contributed by atoms with E-state index >= 15 is 0 Å². The predicted octanol–water partition coefficient (Wildman–Crippen LogP) is 2.69. The van der Waals surface area contributed by atoms with E-state index in [-0.39, 0.29) is 0 Å². The van der Waals surface area contributed by atoms with Crippen molar-refractivity contribution in [1.82, 2.24) is 4.98 Å². The van der Waals surface area contributed by atoms with Gasteiger partial charge in [-0.15, -0.1) is 0 Å². The zero-order valence-corrected chi connectivity index (χ0v) is 9.90. The number of hydrogen-bond donors (Lipinski definition) is 1. The van der Waals surface area contributed by atoms with Gasteiger partial charge in [-0.25, -0.2) is 0 Å². The van der Waals surface area contributed by atoms with Crippen molar-refractivity contribution in [2.75, 3.05) is 12.4 Å². The number of nitrogens with zero attached hydrogens (tertiary/aromatic N) is 2. The standard InChI is InChI=1S/C14H11N3O/c1-16-13-11(8-15)7-10-6-9-4-2-3-5-12(9)18-14(10)17-13/h2-5,7H,6H2,1H3,(H,16,17). The Morgan fingerprint density at radius 3 is 2.94 bits per heavy atom. The quantitative estimate of drug-likeness (QED) is 0.707. The molecule has 2 heterocycles. The summed E-state index contributed by atoms with van der Waals surface area (Å²) in [4.78, 5) is 4.35. The fourth-order valence-electron chi connectivity index (χ4n) is 2.09. The summed E-state index contributed by atoms with van der Waals surface area (Å²) in [6, 6.07) is 11.8. The second-order valence-corrected chi connectivity index (χ2v) is 4.10. The molecule has 0 bridgehead atoms. The van der Waals surface area contributed by atoms with Gasteiger partial charge in [-0.05, 0) is 17.7 Å². The highest BCUT2D eigenvalue weighted by atomic mass is 16.5. The molecule has 18 heavy (non-hydrogen) atoms. The summed E-state index contributed by atoms with van der Waals surface area (Å²) >= 11 is 0. The van der Waals surface area contributed by atoms with Crippen molar-refractivity contribution in [2.45, 2.75) is 6.42 Å². The molecule has 1 aromatic heterocycles. The van der Waals surface area contributed by atoms with E-state index in [1.165, 1.54) is 0 Å². The molecule has 0 unspecified atom stereocenters. The maximum atomic E-state index is 9.08. The van der Waals surface area contributed by atoms with Gasteiger partial charge in [0.1, 0.15) is 17.6 Å². The Labute approximate surface area is 105 Å². The Morgan fingerprint density at radius 2 is 2.17 bits per heavy atom. The molecule has 0 aliphatic carbocycles. The molecule has 2 aromatic rings. The van der Waals surface area contributed by atoms with Gasteiger partial charge >= 0.3 is 0 Å². The number of para-hydroxylation sites is 1. The van der Waals surface area contributed by atoms with Gasteiger partial charge in [0.25, 0.3) is 0 Å². The van der Waals surface area contributed by atoms with Crippen molar-refractivity contribution in [2.24, 2.45) is 0 Å². The number of pyridine rings is 1. The van der Waals surface area contributed by atoms with Crippen molar-refractivity contribution >= 4 is 5.82 Å². The number of anilines is 1. The molecule has 88 valence electrons. The number of nitrogens with one attached hydrogen (secondary N) is 1. The molecule has 0 saturated carbocycles. The molecule has 0 spiro atoms. The average molecular weight is 237 g/mol. The minimum absolute atomic E-state index is 0.541. The Balaban J connectivity index is 2.11. The topological polar surface area (TPSA) is 57.9 Å². The smallest absolute Gasteiger partial charge is 0.224 e. The molecule has 1 aromatic carbocycles. The van der Waals surface area contributed by atoms with Crippen molar-refractivity contribution < 1.29 is 4.74 Å². The van der Waals surface area contributed by atoms with Crippen molar-refractivity contribution in [3.05, 3.63) is 47.0 Å². The third kappa shape index (κ3) is 1.57. The van der Waals surface area contributed by atoms with E-state index in [1.54, 1.807) is 7.05 Å². The molecule has 0 saturated heterocycles.